The molecule has 0 amide bonds. The van der Waals surface area contributed by atoms with E-state index in [1.54, 1.807) is 6.20 Å². The maximum absolute atomic E-state index is 5.63. The zero-order valence-corrected chi connectivity index (χ0v) is 12.4. The smallest absolute Gasteiger partial charge is 0.147 e. The summed E-state index contributed by atoms with van der Waals surface area (Å²) in [6.07, 6.45) is 3.55. The third kappa shape index (κ3) is 3.13. The minimum atomic E-state index is 0.435. The molecular formula is C16H21N5. The van der Waals surface area contributed by atoms with E-state index in [0.717, 1.165) is 37.7 Å². The zero-order chi connectivity index (χ0) is 14.7. The first kappa shape index (κ1) is 13.8. The highest BCUT2D eigenvalue weighted by molar-refractivity contribution is 5.50. The van der Waals surface area contributed by atoms with Gasteiger partial charge in [0.2, 0.25) is 0 Å². The van der Waals surface area contributed by atoms with Gasteiger partial charge in [-0.25, -0.2) is 4.98 Å². The number of aryl methyl sites for hydroxylation is 1. The topological polar surface area (TPSA) is 58.3 Å². The van der Waals surface area contributed by atoms with Crippen LogP contribution in [0.2, 0.25) is 0 Å². The van der Waals surface area contributed by atoms with Crippen LogP contribution in [0.25, 0.3) is 0 Å². The van der Waals surface area contributed by atoms with Crippen molar-refractivity contribution in [3.8, 4) is 0 Å². The first-order chi connectivity index (χ1) is 10.3. The lowest BCUT2D eigenvalue weighted by Gasteiger charge is -2.36. The summed E-state index contributed by atoms with van der Waals surface area (Å²) in [5.74, 6) is 0.932. The summed E-state index contributed by atoms with van der Waals surface area (Å²) in [5, 5.41) is 0. The van der Waals surface area contributed by atoms with Crippen molar-refractivity contribution in [2.24, 2.45) is 5.73 Å². The number of nitrogens with zero attached hydrogens (tertiary/aromatic N) is 4. The van der Waals surface area contributed by atoms with Crippen LogP contribution in [0.1, 0.15) is 11.3 Å². The summed E-state index contributed by atoms with van der Waals surface area (Å²) < 4.78 is 0. The number of hydrogen-bond acceptors (Lipinski definition) is 5. The Kier molecular flexibility index (Phi) is 4.01. The van der Waals surface area contributed by atoms with Crippen LogP contribution in [-0.2, 0) is 6.54 Å². The van der Waals surface area contributed by atoms with Gasteiger partial charge in [-0.15, -0.1) is 0 Å². The highest BCUT2D eigenvalue weighted by atomic mass is 15.3. The quantitative estimate of drug-likeness (QED) is 0.926. The number of nitrogens with two attached hydrogens (primary N) is 1. The first-order valence-electron chi connectivity index (χ1n) is 7.34. The van der Waals surface area contributed by atoms with Gasteiger partial charge in [0.05, 0.1) is 11.9 Å². The number of aromatic nitrogens is 2. The summed E-state index contributed by atoms with van der Waals surface area (Å²) >= 11 is 0. The average molecular weight is 283 g/mol. The Hall–Kier alpha value is -2.14. The lowest BCUT2D eigenvalue weighted by atomic mass is 10.2. The standard InChI is InChI=1S/C16H21N5/c1-13-3-2-4-15(9-13)20-5-7-21(8-6-20)16-12-18-11-14(10-17)19-16/h2-4,9,11-12H,5-8,10,17H2,1H3. The fourth-order valence-electron chi connectivity index (χ4n) is 2.66. The van der Waals surface area contributed by atoms with Crippen LogP contribution in [0.3, 0.4) is 0 Å². The number of anilines is 2. The molecule has 1 aliphatic heterocycles. The van der Waals surface area contributed by atoms with Crippen molar-refractivity contribution in [1.29, 1.82) is 0 Å². The van der Waals surface area contributed by atoms with Crippen molar-refractivity contribution < 1.29 is 0 Å². The largest absolute Gasteiger partial charge is 0.368 e. The molecule has 0 aliphatic carbocycles. The van der Waals surface area contributed by atoms with E-state index in [9.17, 15) is 0 Å². The normalized spacial score (nSPS) is 15.3. The fraction of sp³-hybridized carbons (Fsp3) is 0.375. The number of rotatable bonds is 3. The summed E-state index contributed by atoms with van der Waals surface area (Å²) in [7, 11) is 0. The molecule has 1 fully saturated rings. The maximum Gasteiger partial charge on any atom is 0.147 e. The summed E-state index contributed by atoms with van der Waals surface area (Å²) in [4.78, 5) is 13.5. The van der Waals surface area contributed by atoms with E-state index in [1.165, 1.54) is 11.3 Å². The molecule has 0 atom stereocenters. The van der Waals surface area contributed by atoms with Crippen molar-refractivity contribution in [1.82, 2.24) is 9.97 Å². The molecule has 2 heterocycles. The molecule has 1 saturated heterocycles. The molecule has 3 rings (SSSR count). The molecule has 1 aromatic heterocycles. The minimum absolute atomic E-state index is 0.435. The van der Waals surface area contributed by atoms with Crippen molar-refractivity contribution >= 4 is 11.5 Å². The van der Waals surface area contributed by atoms with E-state index in [1.807, 2.05) is 6.20 Å². The Bertz CT molecular complexity index is 605. The Morgan fingerprint density at radius 1 is 1.10 bits per heavy atom. The SMILES string of the molecule is Cc1cccc(N2CCN(c3cncc(CN)n3)CC2)c1. The van der Waals surface area contributed by atoms with Gasteiger partial charge in [0.1, 0.15) is 5.82 Å². The number of hydrogen-bond donors (Lipinski definition) is 1. The molecule has 5 nitrogen and oxygen atoms in total. The van der Waals surface area contributed by atoms with E-state index in [2.05, 4.69) is 51.0 Å². The van der Waals surface area contributed by atoms with Crippen molar-refractivity contribution in [2.75, 3.05) is 36.0 Å². The van der Waals surface area contributed by atoms with Crippen molar-refractivity contribution in [2.45, 2.75) is 13.5 Å². The van der Waals surface area contributed by atoms with Gasteiger partial charge in [-0.1, -0.05) is 12.1 Å². The maximum atomic E-state index is 5.63. The van der Waals surface area contributed by atoms with Crippen LogP contribution in [0.5, 0.6) is 0 Å². The predicted molar refractivity (Wildman–Crippen MR) is 85.5 cm³/mol. The first-order valence-corrected chi connectivity index (χ1v) is 7.34. The molecule has 0 unspecified atom stereocenters. The van der Waals surface area contributed by atoms with Crippen LogP contribution in [-0.4, -0.2) is 36.1 Å². The highest BCUT2D eigenvalue weighted by Crippen LogP contribution is 2.20. The van der Waals surface area contributed by atoms with E-state index in [4.69, 9.17) is 5.73 Å². The monoisotopic (exact) mass is 283 g/mol. The second kappa shape index (κ2) is 6.10. The molecule has 0 saturated carbocycles. The van der Waals surface area contributed by atoms with Gasteiger partial charge in [-0.3, -0.25) is 4.98 Å². The second-order valence-electron chi connectivity index (χ2n) is 5.39. The van der Waals surface area contributed by atoms with Gasteiger partial charge >= 0.3 is 0 Å². The molecule has 0 spiro atoms. The van der Waals surface area contributed by atoms with Crippen LogP contribution in [0.4, 0.5) is 11.5 Å². The van der Waals surface area contributed by atoms with Gasteiger partial charge < -0.3 is 15.5 Å². The Labute approximate surface area is 125 Å². The third-order valence-corrected chi connectivity index (χ3v) is 3.85. The Balaban J connectivity index is 1.67. The molecule has 21 heavy (non-hydrogen) atoms. The molecule has 2 N–H and O–H groups in total. The molecule has 1 aliphatic rings. The van der Waals surface area contributed by atoms with E-state index in [-0.39, 0.29) is 0 Å². The van der Waals surface area contributed by atoms with Gasteiger partial charge in [-0.2, -0.15) is 0 Å². The lowest BCUT2D eigenvalue weighted by molar-refractivity contribution is 0.644. The van der Waals surface area contributed by atoms with Gasteiger partial charge in [0.25, 0.3) is 0 Å². The summed E-state index contributed by atoms with van der Waals surface area (Å²) in [6, 6.07) is 8.67. The van der Waals surface area contributed by atoms with Crippen LogP contribution in [0, 0.1) is 6.92 Å². The van der Waals surface area contributed by atoms with E-state index < -0.39 is 0 Å². The zero-order valence-electron chi connectivity index (χ0n) is 12.4. The van der Waals surface area contributed by atoms with Gasteiger partial charge in [0, 0.05) is 44.6 Å². The minimum Gasteiger partial charge on any atom is -0.368 e. The predicted octanol–water partition coefficient (Wildman–Crippen LogP) is 1.57. The van der Waals surface area contributed by atoms with Crippen LogP contribution in [0.15, 0.2) is 36.7 Å². The fourth-order valence-corrected chi connectivity index (χ4v) is 2.66. The lowest BCUT2D eigenvalue weighted by Crippen LogP contribution is -2.47. The average Bonchev–Trinajstić information content (AvgIpc) is 2.55. The molecule has 2 aromatic rings. The molecule has 5 heteroatoms. The molecule has 0 bridgehead atoms. The van der Waals surface area contributed by atoms with Gasteiger partial charge in [-0.05, 0) is 24.6 Å². The van der Waals surface area contributed by atoms with Crippen molar-refractivity contribution in [3.05, 3.63) is 47.9 Å². The van der Waals surface area contributed by atoms with Crippen molar-refractivity contribution in [3.63, 3.8) is 0 Å². The molecule has 110 valence electrons. The molecule has 1 aromatic carbocycles. The van der Waals surface area contributed by atoms with E-state index in [0.29, 0.717) is 6.54 Å². The van der Waals surface area contributed by atoms with Crippen LogP contribution >= 0.6 is 0 Å². The number of piperazine rings is 1. The Morgan fingerprint density at radius 2 is 1.86 bits per heavy atom. The summed E-state index contributed by atoms with van der Waals surface area (Å²) in [5.41, 5.74) is 9.08. The van der Waals surface area contributed by atoms with Gasteiger partial charge in [0.15, 0.2) is 0 Å². The molecule has 0 radical (unpaired) electrons. The third-order valence-electron chi connectivity index (χ3n) is 3.85. The Morgan fingerprint density at radius 3 is 2.57 bits per heavy atom. The van der Waals surface area contributed by atoms with E-state index >= 15 is 0 Å². The summed E-state index contributed by atoms with van der Waals surface area (Å²) in [6.45, 7) is 6.47. The molecular weight excluding hydrogens is 262 g/mol. The second-order valence-corrected chi connectivity index (χ2v) is 5.39. The van der Waals surface area contributed by atoms with Crippen LogP contribution < -0.4 is 15.5 Å². The number of benzene rings is 1. The highest BCUT2D eigenvalue weighted by Gasteiger charge is 2.18.